The predicted octanol–water partition coefficient (Wildman–Crippen LogP) is 4.31. The summed E-state index contributed by atoms with van der Waals surface area (Å²) in [6, 6.07) is 0. The third kappa shape index (κ3) is 9.14. The first-order chi connectivity index (χ1) is 11.1. The van der Waals surface area contributed by atoms with Gasteiger partial charge in [0.2, 0.25) is 6.33 Å². The van der Waals surface area contributed by atoms with Gasteiger partial charge >= 0.3 is 0 Å². The van der Waals surface area contributed by atoms with Gasteiger partial charge in [0.1, 0.15) is 12.4 Å². The van der Waals surface area contributed by atoms with E-state index in [1.807, 2.05) is 0 Å². The topological polar surface area (TPSA) is 8.81 Å². The molecule has 1 aliphatic heterocycles. The van der Waals surface area contributed by atoms with Crippen molar-refractivity contribution in [2.75, 3.05) is 26.7 Å². The Morgan fingerprint density at radius 3 is 2.22 bits per heavy atom. The summed E-state index contributed by atoms with van der Waals surface area (Å²) < 4.78 is 5.68. The largest absolute Gasteiger partial charge is 0.326 e. The van der Waals surface area contributed by atoms with E-state index in [-0.39, 0.29) is 0 Å². The number of piperidine rings is 1. The van der Waals surface area contributed by atoms with Gasteiger partial charge in [0.25, 0.3) is 0 Å². The van der Waals surface area contributed by atoms with Gasteiger partial charge < -0.3 is 4.48 Å². The van der Waals surface area contributed by atoms with Crippen LogP contribution in [0.2, 0.25) is 0 Å². The van der Waals surface area contributed by atoms with E-state index < -0.39 is 0 Å². The molecule has 0 N–H and O–H groups in total. The van der Waals surface area contributed by atoms with E-state index in [0.29, 0.717) is 0 Å². The van der Waals surface area contributed by atoms with Gasteiger partial charge in [0, 0.05) is 0 Å². The number of quaternary nitrogens is 1. The number of aryl methyl sites for hydroxylation is 2. The van der Waals surface area contributed by atoms with E-state index in [1.165, 1.54) is 88.4 Å². The van der Waals surface area contributed by atoms with Crippen LogP contribution in [0.3, 0.4) is 0 Å². The summed E-state index contributed by atoms with van der Waals surface area (Å²) >= 11 is 0. The molecule has 23 heavy (non-hydrogen) atoms. The molecule has 0 aromatic carbocycles. The molecule has 134 valence electrons. The van der Waals surface area contributed by atoms with E-state index >= 15 is 0 Å². The van der Waals surface area contributed by atoms with Crippen LogP contribution in [0.25, 0.3) is 0 Å². The van der Waals surface area contributed by atoms with E-state index in [2.05, 4.69) is 55.8 Å². The van der Waals surface area contributed by atoms with Crippen molar-refractivity contribution in [2.24, 2.45) is 7.05 Å². The number of imidazole rings is 1. The first-order valence-corrected chi connectivity index (χ1v) is 9.94. The monoisotopic (exact) mass is 323 g/mol. The summed E-state index contributed by atoms with van der Waals surface area (Å²) in [7, 11) is 4.48. The Morgan fingerprint density at radius 1 is 0.957 bits per heavy atom. The number of aromatic nitrogens is 2. The Labute approximate surface area is 144 Å². The van der Waals surface area contributed by atoms with Gasteiger partial charge in [-0.2, -0.15) is 0 Å². The molecule has 3 heteroatoms. The maximum absolute atomic E-state index is 2.43. The van der Waals surface area contributed by atoms with Crippen molar-refractivity contribution in [3.8, 4) is 0 Å². The average Bonchev–Trinajstić information content (AvgIpc) is 2.97. The van der Waals surface area contributed by atoms with Crippen LogP contribution < -0.4 is 4.57 Å². The zero-order chi connectivity index (χ0) is 17.0. The molecule has 0 unspecified atom stereocenters. The van der Waals surface area contributed by atoms with E-state index in [9.17, 15) is 0 Å². The molecular formula is C20H41N3+2. The molecule has 0 aliphatic carbocycles. The van der Waals surface area contributed by atoms with E-state index in [0.717, 1.165) is 0 Å². The lowest BCUT2D eigenvalue weighted by molar-refractivity contribution is -0.914. The molecule has 2 heterocycles. The first-order valence-electron chi connectivity index (χ1n) is 9.94. The molecule has 1 saturated heterocycles. The number of likely N-dealkylation sites (tertiary alicyclic amines) is 1. The van der Waals surface area contributed by atoms with Gasteiger partial charge in [-0.1, -0.05) is 33.1 Å². The minimum absolute atomic E-state index is 1.17. The normalized spacial score (nSPS) is 16.7. The van der Waals surface area contributed by atoms with Crippen LogP contribution in [-0.2, 0) is 13.6 Å². The molecule has 3 nitrogen and oxygen atoms in total. The minimum atomic E-state index is 1.17. The lowest BCUT2D eigenvalue weighted by Gasteiger charge is -2.37. The molecular weight excluding hydrogens is 282 g/mol. The van der Waals surface area contributed by atoms with E-state index in [4.69, 9.17) is 0 Å². The second-order valence-corrected chi connectivity index (χ2v) is 7.58. The van der Waals surface area contributed by atoms with Gasteiger partial charge in [-0.3, -0.25) is 0 Å². The third-order valence-electron chi connectivity index (χ3n) is 5.04. The van der Waals surface area contributed by atoms with Crippen LogP contribution in [-0.4, -0.2) is 35.7 Å². The fourth-order valence-electron chi connectivity index (χ4n) is 3.39. The van der Waals surface area contributed by atoms with Gasteiger partial charge in [0.15, 0.2) is 0 Å². The molecule has 1 aromatic heterocycles. The van der Waals surface area contributed by atoms with Crippen molar-refractivity contribution < 1.29 is 9.05 Å². The number of hydrogen-bond acceptors (Lipinski definition) is 0. The molecule has 1 fully saturated rings. The Kier molecular flexibility index (Phi) is 10.3. The molecule has 0 amide bonds. The standard InChI is InChI=1S/C10H19N2.C10H22N/c1-3-4-5-6-7-12-9-8-11(2)10-12;1-3-4-8-11(2)9-6-5-7-10-11/h8-10H,3-7H2,1-2H3;3-10H2,1-2H3/q2*+1. The number of nitrogens with zero attached hydrogens (tertiary/aromatic N) is 3. The summed E-state index contributed by atoms with van der Waals surface area (Å²) in [5.74, 6) is 0. The Hall–Kier alpha value is -0.830. The zero-order valence-corrected chi connectivity index (χ0v) is 16.3. The second-order valence-electron chi connectivity index (χ2n) is 7.58. The quantitative estimate of drug-likeness (QED) is 0.383. The maximum atomic E-state index is 2.43. The fraction of sp³-hybridized carbons (Fsp3) is 0.850. The number of unbranched alkanes of at least 4 members (excludes halogenated alkanes) is 4. The molecule has 0 spiro atoms. The van der Waals surface area contributed by atoms with E-state index in [1.54, 1.807) is 0 Å². The summed E-state index contributed by atoms with van der Waals surface area (Å²) in [5.41, 5.74) is 0. The SMILES string of the molecule is CCCCCC[n+]1ccn(C)c1.CCCC[N+]1(C)CCCCC1. The second kappa shape index (κ2) is 11.7. The molecule has 2 rings (SSSR count). The number of hydrogen-bond donors (Lipinski definition) is 0. The Balaban J connectivity index is 0.000000231. The average molecular weight is 324 g/mol. The van der Waals surface area contributed by atoms with Crippen LogP contribution in [0.1, 0.15) is 71.6 Å². The van der Waals surface area contributed by atoms with Gasteiger partial charge in [-0.25, -0.2) is 9.13 Å². The predicted molar refractivity (Wildman–Crippen MR) is 99.3 cm³/mol. The third-order valence-corrected chi connectivity index (χ3v) is 5.04. The highest BCUT2D eigenvalue weighted by Crippen LogP contribution is 2.16. The molecule has 0 saturated carbocycles. The van der Waals surface area contributed by atoms with Crippen LogP contribution in [0, 0.1) is 0 Å². The fourth-order valence-corrected chi connectivity index (χ4v) is 3.39. The van der Waals surface area contributed by atoms with Crippen LogP contribution in [0.15, 0.2) is 18.7 Å². The molecule has 0 radical (unpaired) electrons. The van der Waals surface area contributed by atoms with Crippen LogP contribution in [0.5, 0.6) is 0 Å². The van der Waals surface area contributed by atoms with Crippen molar-refractivity contribution in [2.45, 2.75) is 78.2 Å². The van der Waals surface area contributed by atoms with Crippen molar-refractivity contribution in [1.82, 2.24) is 4.57 Å². The van der Waals surface area contributed by atoms with Crippen molar-refractivity contribution >= 4 is 0 Å². The minimum Gasteiger partial charge on any atom is -0.326 e. The summed E-state index contributed by atoms with van der Waals surface area (Å²) in [6.45, 7) is 9.98. The zero-order valence-electron chi connectivity index (χ0n) is 16.3. The molecule has 1 aromatic rings. The Morgan fingerprint density at radius 2 is 1.65 bits per heavy atom. The Bertz CT molecular complexity index is 391. The van der Waals surface area contributed by atoms with Gasteiger partial charge in [-0.05, 0) is 38.5 Å². The van der Waals surface area contributed by atoms with Crippen molar-refractivity contribution in [3.63, 3.8) is 0 Å². The summed E-state index contributed by atoms with van der Waals surface area (Å²) in [5, 5.41) is 0. The van der Waals surface area contributed by atoms with Gasteiger partial charge in [0.05, 0.1) is 40.3 Å². The van der Waals surface area contributed by atoms with Crippen LogP contribution in [0.4, 0.5) is 0 Å². The highest BCUT2D eigenvalue weighted by Gasteiger charge is 2.23. The summed E-state index contributed by atoms with van der Waals surface area (Å²) in [4.78, 5) is 0. The van der Waals surface area contributed by atoms with Crippen molar-refractivity contribution in [1.29, 1.82) is 0 Å². The summed E-state index contributed by atoms with van der Waals surface area (Å²) in [6.07, 6.45) is 18.9. The highest BCUT2D eigenvalue weighted by molar-refractivity contribution is 4.61. The maximum Gasteiger partial charge on any atom is 0.243 e. The van der Waals surface area contributed by atoms with Crippen molar-refractivity contribution in [3.05, 3.63) is 18.7 Å². The van der Waals surface area contributed by atoms with Gasteiger partial charge in [-0.15, -0.1) is 0 Å². The highest BCUT2D eigenvalue weighted by atomic mass is 15.3. The smallest absolute Gasteiger partial charge is 0.243 e. The molecule has 0 atom stereocenters. The lowest BCUT2D eigenvalue weighted by atomic mass is 10.1. The molecule has 1 aliphatic rings. The first kappa shape index (κ1) is 20.2. The van der Waals surface area contributed by atoms with Crippen LogP contribution >= 0.6 is 0 Å². The number of rotatable bonds is 8. The molecule has 0 bridgehead atoms. The lowest BCUT2D eigenvalue weighted by Crippen LogP contribution is -2.48.